The zero-order valence-corrected chi connectivity index (χ0v) is 16.4. The Hall–Kier alpha value is -3.50. The standard InChI is InChI=1S/C25H19NO2S/c27-25(19-11-15-22(16-12-19)28-21-7-3-1-4-8-21)26-20-13-17-24(18-14-20)29-23-9-5-2-6-10-23/h1-18H,(H,26,27). The molecule has 4 aromatic rings. The van der Waals surface area contributed by atoms with Gasteiger partial charge < -0.3 is 10.1 Å². The predicted molar refractivity (Wildman–Crippen MR) is 118 cm³/mol. The second-order valence-corrected chi connectivity index (χ2v) is 7.48. The summed E-state index contributed by atoms with van der Waals surface area (Å²) in [6, 6.07) is 34.7. The maximum Gasteiger partial charge on any atom is 0.255 e. The molecular formula is C25H19NO2S. The summed E-state index contributed by atoms with van der Waals surface area (Å²) >= 11 is 1.69. The van der Waals surface area contributed by atoms with E-state index in [1.807, 2.05) is 72.8 Å². The number of carbonyl (C=O) groups excluding carboxylic acids is 1. The number of ether oxygens (including phenoxy) is 1. The van der Waals surface area contributed by atoms with Crippen LogP contribution >= 0.6 is 11.8 Å². The first kappa shape index (κ1) is 18.8. The van der Waals surface area contributed by atoms with Crippen LogP contribution in [0.3, 0.4) is 0 Å². The van der Waals surface area contributed by atoms with Gasteiger partial charge in [-0.2, -0.15) is 0 Å². The molecule has 0 unspecified atom stereocenters. The van der Waals surface area contributed by atoms with E-state index < -0.39 is 0 Å². The van der Waals surface area contributed by atoms with Crippen molar-refractivity contribution in [2.24, 2.45) is 0 Å². The minimum Gasteiger partial charge on any atom is -0.457 e. The zero-order chi connectivity index (χ0) is 19.9. The number of benzene rings is 4. The van der Waals surface area contributed by atoms with Crippen molar-refractivity contribution in [2.75, 3.05) is 5.32 Å². The third kappa shape index (κ3) is 5.27. The Kier molecular flexibility index (Phi) is 5.93. The molecule has 1 N–H and O–H groups in total. The van der Waals surface area contributed by atoms with Crippen molar-refractivity contribution in [1.82, 2.24) is 0 Å². The molecular weight excluding hydrogens is 378 g/mol. The van der Waals surface area contributed by atoms with Gasteiger partial charge in [0.1, 0.15) is 11.5 Å². The summed E-state index contributed by atoms with van der Waals surface area (Å²) in [6.07, 6.45) is 0. The monoisotopic (exact) mass is 397 g/mol. The van der Waals surface area contributed by atoms with Gasteiger partial charge in [-0.1, -0.05) is 48.2 Å². The number of hydrogen-bond donors (Lipinski definition) is 1. The lowest BCUT2D eigenvalue weighted by Crippen LogP contribution is -2.11. The first-order valence-electron chi connectivity index (χ1n) is 9.23. The third-order valence-corrected chi connectivity index (χ3v) is 5.20. The second-order valence-electron chi connectivity index (χ2n) is 6.33. The molecule has 0 bridgehead atoms. The van der Waals surface area contributed by atoms with Crippen molar-refractivity contribution in [3.05, 3.63) is 115 Å². The number of para-hydroxylation sites is 1. The third-order valence-electron chi connectivity index (χ3n) is 4.19. The predicted octanol–water partition coefficient (Wildman–Crippen LogP) is 6.88. The van der Waals surface area contributed by atoms with Crippen LogP contribution in [0.25, 0.3) is 0 Å². The molecule has 0 saturated heterocycles. The number of nitrogens with one attached hydrogen (secondary N) is 1. The van der Waals surface area contributed by atoms with Gasteiger partial charge in [-0.15, -0.1) is 0 Å². The minimum atomic E-state index is -0.153. The van der Waals surface area contributed by atoms with E-state index in [0.717, 1.165) is 16.3 Å². The maximum absolute atomic E-state index is 12.5. The molecule has 0 atom stereocenters. The van der Waals surface area contributed by atoms with Crippen molar-refractivity contribution in [1.29, 1.82) is 0 Å². The van der Waals surface area contributed by atoms with E-state index in [-0.39, 0.29) is 5.91 Å². The molecule has 0 spiro atoms. The van der Waals surface area contributed by atoms with Crippen molar-refractivity contribution in [2.45, 2.75) is 9.79 Å². The highest BCUT2D eigenvalue weighted by Gasteiger charge is 2.07. The van der Waals surface area contributed by atoms with Crippen LogP contribution in [0.5, 0.6) is 11.5 Å². The summed E-state index contributed by atoms with van der Waals surface area (Å²) in [5, 5.41) is 2.93. The van der Waals surface area contributed by atoms with Gasteiger partial charge in [-0.25, -0.2) is 0 Å². The number of anilines is 1. The van der Waals surface area contributed by atoms with E-state index in [1.165, 1.54) is 4.90 Å². The van der Waals surface area contributed by atoms with E-state index in [2.05, 4.69) is 17.4 Å². The fraction of sp³-hybridized carbons (Fsp3) is 0. The van der Waals surface area contributed by atoms with E-state index in [1.54, 1.807) is 36.0 Å². The fourth-order valence-electron chi connectivity index (χ4n) is 2.73. The molecule has 0 aromatic heterocycles. The minimum absolute atomic E-state index is 0.153. The van der Waals surface area contributed by atoms with Gasteiger partial charge >= 0.3 is 0 Å². The molecule has 0 aliphatic carbocycles. The van der Waals surface area contributed by atoms with Gasteiger partial charge in [0.15, 0.2) is 0 Å². The lowest BCUT2D eigenvalue weighted by Gasteiger charge is -2.08. The van der Waals surface area contributed by atoms with Crippen LogP contribution in [0.15, 0.2) is 119 Å². The van der Waals surface area contributed by atoms with Gasteiger partial charge in [0.05, 0.1) is 0 Å². The Morgan fingerprint density at radius 2 is 1.17 bits per heavy atom. The Morgan fingerprint density at radius 1 is 0.621 bits per heavy atom. The van der Waals surface area contributed by atoms with E-state index in [4.69, 9.17) is 4.74 Å². The number of hydrogen-bond acceptors (Lipinski definition) is 3. The average Bonchev–Trinajstić information content (AvgIpc) is 2.77. The lowest BCUT2D eigenvalue weighted by atomic mass is 10.2. The first-order chi connectivity index (χ1) is 14.3. The summed E-state index contributed by atoms with van der Waals surface area (Å²) in [6.45, 7) is 0. The molecule has 0 fully saturated rings. The van der Waals surface area contributed by atoms with E-state index in [0.29, 0.717) is 11.3 Å². The van der Waals surface area contributed by atoms with Gasteiger partial charge in [-0.3, -0.25) is 4.79 Å². The first-order valence-corrected chi connectivity index (χ1v) is 10.1. The van der Waals surface area contributed by atoms with Gasteiger partial charge in [0.2, 0.25) is 0 Å². The van der Waals surface area contributed by atoms with Crippen LogP contribution in [-0.4, -0.2) is 5.91 Å². The van der Waals surface area contributed by atoms with Crippen LogP contribution in [0.1, 0.15) is 10.4 Å². The molecule has 0 radical (unpaired) electrons. The van der Waals surface area contributed by atoms with Crippen LogP contribution in [-0.2, 0) is 0 Å². The highest BCUT2D eigenvalue weighted by Crippen LogP contribution is 2.28. The van der Waals surface area contributed by atoms with Crippen LogP contribution in [0, 0.1) is 0 Å². The highest BCUT2D eigenvalue weighted by molar-refractivity contribution is 7.99. The van der Waals surface area contributed by atoms with Crippen molar-refractivity contribution < 1.29 is 9.53 Å². The van der Waals surface area contributed by atoms with Crippen molar-refractivity contribution in [3.63, 3.8) is 0 Å². The summed E-state index contributed by atoms with van der Waals surface area (Å²) in [5.41, 5.74) is 1.34. The zero-order valence-electron chi connectivity index (χ0n) is 15.6. The molecule has 0 saturated carbocycles. The molecule has 4 heteroatoms. The Labute approximate surface area is 174 Å². The molecule has 0 aliphatic rings. The van der Waals surface area contributed by atoms with E-state index >= 15 is 0 Å². The van der Waals surface area contributed by atoms with Gasteiger partial charge in [-0.05, 0) is 72.8 Å². The molecule has 142 valence electrons. The molecule has 1 amide bonds. The molecule has 3 nitrogen and oxygen atoms in total. The quantitative estimate of drug-likeness (QED) is 0.385. The Morgan fingerprint density at radius 3 is 1.83 bits per heavy atom. The smallest absolute Gasteiger partial charge is 0.255 e. The van der Waals surface area contributed by atoms with Crippen LogP contribution < -0.4 is 10.1 Å². The van der Waals surface area contributed by atoms with E-state index in [9.17, 15) is 4.79 Å². The second kappa shape index (κ2) is 9.13. The summed E-state index contributed by atoms with van der Waals surface area (Å²) in [7, 11) is 0. The Balaban J connectivity index is 1.36. The van der Waals surface area contributed by atoms with Crippen molar-refractivity contribution >= 4 is 23.4 Å². The molecule has 4 rings (SSSR count). The topological polar surface area (TPSA) is 38.3 Å². The fourth-order valence-corrected chi connectivity index (χ4v) is 3.57. The molecule has 29 heavy (non-hydrogen) atoms. The number of amides is 1. The van der Waals surface area contributed by atoms with Gasteiger partial charge in [0, 0.05) is 21.0 Å². The van der Waals surface area contributed by atoms with Gasteiger partial charge in [0.25, 0.3) is 5.91 Å². The lowest BCUT2D eigenvalue weighted by molar-refractivity contribution is 0.102. The largest absolute Gasteiger partial charge is 0.457 e. The molecule has 0 heterocycles. The maximum atomic E-state index is 12.5. The SMILES string of the molecule is O=C(Nc1ccc(Sc2ccccc2)cc1)c1ccc(Oc2ccccc2)cc1. The van der Waals surface area contributed by atoms with Crippen LogP contribution in [0.2, 0.25) is 0 Å². The average molecular weight is 397 g/mol. The summed E-state index contributed by atoms with van der Waals surface area (Å²) in [5.74, 6) is 1.30. The Bertz CT molecular complexity index is 1060. The highest BCUT2D eigenvalue weighted by atomic mass is 32.2. The number of carbonyl (C=O) groups is 1. The van der Waals surface area contributed by atoms with Crippen LogP contribution in [0.4, 0.5) is 5.69 Å². The number of rotatable bonds is 6. The summed E-state index contributed by atoms with van der Waals surface area (Å²) < 4.78 is 5.76. The molecule has 0 aliphatic heterocycles. The van der Waals surface area contributed by atoms with Crippen molar-refractivity contribution in [3.8, 4) is 11.5 Å². The molecule has 4 aromatic carbocycles. The normalized spacial score (nSPS) is 10.3. The summed E-state index contributed by atoms with van der Waals surface area (Å²) in [4.78, 5) is 14.8.